The van der Waals surface area contributed by atoms with Crippen molar-refractivity contribution in [3.8, 4) is 0 Å². The fourth-order valence-electron chi connectivity index (χ4n) is 1.67. The van der Waals surface area contributed by atoms with Crippen molar-refractivity contribution in [2.75, 3.05) is 27.4 Å². The molecule has 2 atom stereocenters. The van der Waals surface area contributed by atoms with Gasteiger partial charge >= 0.3 is 0 Å². The van der Waals surface area contributed by atoms with Gasteiger partial charge in [0.25, 0.3) is 0 Å². The summed E-state index contributed by atoms with van der Waals surface area (Å²) in [5.41, 5.74) is 7.19. The molecule has 3 N–H and O–H groups in total. The molecule has 0 saturated carbocycles. The Morgan fingerprint density at radius 2 is 1.88 bits per heavy atom. The van der Waals surface area contributed by atoms with Crippen LogP contribution in [0.3, 0.4) is 0 Å². The minimum absolute atomic E-state index is 0.178. The zero-order valence-corrected chi connectivity index (χ0v) is 9.72. The minimum atomic E-state index is -0.661. The highest BCUT2D eigenvalue weighted by Gasteiger charge is 2.17. The van der Waals surface area contributed by atoms with Crippen LogP contribution in [-0.4, -0.2) is 32.5 Å². The fraction of sp³-hybridized carbons (Fsp3) is 0.500. The monoisotopic (exact) mass is 225 g/mol. The molecule has 4 nitrogen and oxygen atoms in total. The first-order chi connectivity index (χ1) is 7.74. The van der Waals surface area contributed by atoms with Gasteiger partial charge in [-0.1, -0.05) is 24.3 Å². The van der Waals surface area contributed by atoms with Crippen LogP contribution in [-0.2, 0) is 9.47 Å². The van der Waals surface area contributed by atoms with Crippen LogP contribution in [0.5, 0.6) is 0 Å². The lowest BCUT2D eigenvalue weighted by molar-refractivity contribution is 0.0254. The van der Waals surface area contributed by atoms with Gasteiger partial charge in [0.05, 0.1) is 12.7 Å². The van der Waals surface area contributed by atoms with E-state index in [0.29, 0.717) is 6.61 Å². The van der Waals surface area contributed by atoms with Crippen molar-refractivity contribution in [1.82, 2.24) is 0 Å². The summed E-state index contributed by atoms with van der Waals surface area (Å²) in [5.74, 6) is 0. The lowest BCUT2D eigenvalue weighted by Gasteiger charge is -2.20. The highest BCUT2D eigenvalue weighted by atomic mass is 16.5. The summed E-state index contributed by atoms with van der Waals surface area (Å²) in [7, 11) is 3.24. The molecule has 0 amide bonds. The van der Waals surface area contributed by atoms with Gasteiger partial charge in [0.15, 0.2) is 0 Å². The molecular formula is C12H19NO3. The van der Waals surface area contributed by atoms with E-state index < -0.39 is 6.10 Å². The zero-order chi connectivity index (χ0) is 12.0. The van der Waals surface area contributed by atoms with E-state index in [4.69, 9.17) is 15.2 Å². The van der Waals surface area contributed by atoms with E-state index in [1.165, 1.54) is 0 Å². The summed E-state index contributed by atoms with van der Waals surface area (Å²) in [6.07, 6.45) is -0.840. The molecule has 4 heteroatoms. The standard InChI is InChI=1S/C12H19NO3/c1-15-8-12(16-2)10-6-4-3-5-9(10)11(14)7-13/h3-6,11-12,14H,7-8,13H2,1-2H3. The maximum atomic E-state index is 9.80. The highest BCUT2D eigenvalue weighted by Crippen LogP contribution is 2.25. The second kappa shape index (κ2) is 6.60. The molecule has 1 rings (SSSR count). The lowest BCUT2D eigenvalue weighted by atomic mass is 9.98. The summed E-state index contributed by atoms with van der Waals surface area (Å²) in [5, 5.41) is 9.80. The third-order valence-corrected chi connectivity index (χ3v) is 2.53. The van der Waals surface area contributed by atoms with Crippen LogP contribution in [0.4, 0.5) is 0 Å². The second-order valence-electron chi connectivity index (χ2n) is 3.56. The summed E-state index contributed by atoms with van der Waals surface area (Å²) >= 11 is 0. The Balaban J connectivity index is 3.00. The summed E-state index contributed by atoms with van der Waals surface area (Å²) in [6.45, 7) is 0.644. The molecule has 0 aliphatic carbocycles. The minimum Gasteiger partial charge on any atom is -0.387 e. The first-order valence-electron chi connectivity index (χ1n) is 5.23. The highest BCUT2D eigenvalue weighted by molar-refractivity contribution is 5.31. The van der Waals surface area contributed by atoms with E-state index in [-0.39, 0.29) is 12.6 Å². The Morgan fingerprint density at radius 1 is 1.25 bits per heavy atom. The molecule has 0 bridgehead atoms. The Kier molecular flexibility index (Phi) is 5.42. The van der Waals surface area contributed by atoms with Crippen molar-refractivity contribution >= 4 is 0 Å². The van der Waals surface area contributed by atoms with Crippen molar-refractivity contribution in [2.45, 2.75) is 12.2 Å². The molecule has 0 aliphatic rings. The Hall–Kier alpha value is -0.940. The van der Waals surface area contributed by atoms with Gasteiger partial charge in [-0.3, -0.25) is 0 Å². The molecule has 0 spiro atoms. The van der Waals surface area contributed by atoms with E-state index >= 15 is 0 Å². The van der Waals surface area contributed by atoms with E-state index in [1.807, 2.05) is 24.3 Å². The van der Waals surface area contributed by atoms with Crippen LogP contribution in [0.25, 0.3) is 0 Å². The molecule has 2 unspecified atom stereocenters. The van der Waals surface area contributed by atoms with Gasteiger partial charge in [0.1, 0.15) is 6.10 Å². The third kappa shape index (κ3) is 3.02. The van der Waals surface area contributed by atoms with Gasteiger partial charge in [0.2, 0.25) is 0 Å². The van der Waals surface area contributed by atoms with Crippen molar-refractivity contribution < 1.29 is 14.6 Å². The third-order valence-electron chi connectivity index (χ3n) is 2.53. The normalized spacial score (nSPS) is 14.8. The Labute approximate surface area is 96.0 Å². The molecule has 0 heterocycles. The molecule has 0 aromatic heterocycles. The smallest absolute Gasteiger partial charge is 0.106 e. The van der Waals surface area contributed by atoms with Crippen LogP contribution in [0, 0.1) is 0 Å². The number of aliphatic hydroxyl groups excluding tert-OH is 1. The van der Waals surface area contributed by atoms with Crippen molar-refractivity contribution in [3.05, 3.63) is 35.4 Å². The number of nitrogens with two attached hydrogens (primary N) is 1. The van der Waals surface area contributed by atoms with Gasteiger partial charge in [-0.05, 0) is 11.1 Å². The average molecular weight is 225 g/mol. The van der Waals surface area contributed by atoms with Crippen LogP contribution in [0.2, 0.25) is 0 Å². The Morgan fingerprint density at radius 3 is 2.38 bits per heavy atom. The number of benzene rings is 1. The molecule has 16 heavy (non-hydrogen) atoms. The molecular weight excluding hydrogens is 206 g/mol. The van der Waals surface area contributed by atoms with Gasteiger partial charge < -0.3 is 20.3 Å². The van der Waals surface area contributed by atoms with Crippen molar-refractivity contribution in [1.29, 1.82) is 0 Å². The van der Waals surface area contributed by atoms with Gasteiger partial charge in [0, 0.05) is 20.8 Å². The number of methoxy groups -OCH3 is 2. The summed E-state index contributed by atoms with van der Waals surface area (Å²) in [6, 6.07) is 7.55. The largest absolute Gasteiger partial charge is 0.387 e. The predicted octanol–water partition coefficient (Wildman–Crippen LogP) is 1.01. The van der Waals surface area contributed by atoms with E-state index in [1.54, 1.807) is 14.2 Å². The van der Waals surface area contributed by atoms with Crippen LogP contribution in [0.1, 0.15) is 23.3 Å². The number of ether oxygens (including phenoxy) is 2. The van der Waals surface area contributed by atoms with Crippen LogP contribution >= 0.6 is 0 Å². The number of hydrogen-bond acceptors (Lipinski definition) is 4. The molecule has 0 aliphatic heterocycles. The SMILES string of the molecule is COCC(OC)c1ccccc1C(O)CN. The summed E-state index contributed by atoms with van der Waals surface area (Å²) in [4.78, 5) is 0. The van der Waals surface area contributed by atoms with Crippen LogP contribution < -0.4 is 5.73 Å². The maximum Gasteiger partial charge on any atom is 0.106 e. The number of rotatable bonds is 6. The quantitative estimate of drug-likeness (QED) is 0.758. The van der Waals surface area contributed by atoms with E-state index in [2.05, 4.69) is 0 Å². The second-order valence-corrected chi connectivity index (χ2v) is 3.56. The molecule has 1 aromatic rings. The molecule has 0 radical (unpaired) electrons. The van der Waals surface area contributed by atoms with Gasteiger partial charge in [-0.25, -0.2) is 0 Å². The van der Waals surface area contributed by atoms with Crippen LogP contribution in [0.15, 0.2) is 24.3 Å². The van der Waals surface area contributed by atoms with E-state index in [0.717, 1.165) is 11.1 Å². The Bertz CT molecular complexity index is 317. The zero-order valence-electron chi connectivity index (χ0n) is 9.72. The van der Waals surface area contributed by atoms with Crippen molar-refractivity contribution in [2.24, 2.45) is 5.73 Å². The first-order valence-corrected chi connectivity index (χ1v) is 5.23. The average Bonchev–Trinajstić information content (AvgIpc) is 2.35. The number of hydrogen-bond donors (Lipinski definition) is 2. The predicted molar refractivity (Wildman–Crippen MR) is 62.1 cm³/mol. The van der Waals surface area contributed by atoms with Gasteiger partial charge in [-0.2, -0.15) is 0 Å². The number of aliphatic hydroxyl groups is 1. The van der Waals surface area contributed by atoms with Gasteiger partial charge in [-0.15, -0.1) is 0 Å². The molecule has 90 valence electrons. The van der Waals surface area contributed by atoms with Crippen molar-refractivity contribution in [3.63, 3.8) is 0 Å². The molecule has 0 saturated heterocycles. The molecule has 1 aromatic carbocycles. The molecule has 0 fully saturated rings. The topological polar surface area (TPSA) is 64.7 Å². The lowest BCUT2D eigenvalue weighted by Crippen LogP contribution is -2.17. The fourth-order valence-corrected chi connectivity index (χ4v) is 1.67. The summed E-state index contributed by atoms with van der Waals surface area (Å²) < 4.78 is 10.4. The maximum absolute atomic E-state index is 9.80. The van der Waals surface area contributed by atoms with E-state index in [9.17, 15) is 5.11 Å². The first kappa shape index (κ1) is 13.1.